The van der Waals surface area contributed by atoms with Crippen molar-refractivity contribution in [2.45, 2.75) is 18.6 Å². The lowest BCUT2D eigenvalue weighted by Gasteiger charge is -2.50. The zero-order chi connectivity index (χ0) is 14.8. The van der Waals surface area contributed by atoms with Crippen molar-refractivity contribution in [3.8, 4) is 5.75 Å². The van der Waals surface area contributed by atoms with Crippen LogP contribution in [0.4, 0.5) is 0 Å². The maximum atomic E-state index is 6.07. The van der Waals surface area contributed by atoms with Gasteiger partial charge in [-0.1, -0.05) is 0 Å². The summed E-state index contributed by atoms with van der Waals surface area (Å²) in [6, 6.07) is 5.86. The quantitative estimate of drug-likeness (QED) is 0.848. The molecule has 2 aromatic heterocycles. The molecule has 4 rings (SSSR count). The lowest BCUT2D eigenvalue weighted by molar-refractivity contribution is -0.140. The van der Waals surface area contributed by atoms with Gasteiger partial charge in [0.2, 0.25) is 0 Å². The first-order valence-electron chi connectivity index (χ1n) is 7.74. The number of nitrogens with zero attached hydrogens (tertiary/aromatic N) is 2. The highest BCUT2D eigenvalue weighted by Gasteiger charge is 2.53. The minimum absolute atomic E-state index is 0.0219. The predicted octanol–water partition coefficient (Wildman–Crippen LogP) is 2.34. The van der Waals surface area contributed by atoms with Crippen molar-refractivity contribution < 1.29 is 13.9 Å². The van der Waals surface area contributed by atoms with Crippen LogP contribution in [-0.4, -0.2) is 41.8 Å². The summed E-state index contributed by atoms with van der Waals surface area (Å²) in [5, 5.41) is 0. The second-order valence-electron chi connectivity index (χ2n) is 6.18. The van der Waals surface area contributed by atoms with E-state index in [0.29, 0.717) is 12.5 Å². The Hall–Kier alpha value is -1.85. The van der Waals surface area contributed by atoms with Crippen molar-refractivity contribution in [3.05, 3.63) is 48.7 Å². The number of hydrogen-bond donors (Lipinski definition) is 0. The Labute approximate surface area is 129 Å². The van der Waals surface area contributed by atoms with Gasteiger partial charge in [-0.15, -0.1) is 0 Å². The zero-order valence-corrected chi connectivity index (χ0v) is 12.5. The van der Waals surface area contributed by atoms with E-state index in [2.05, 4.69) is 9.88 Å². The second-order valence-corrected chi connectivity index (χ2v) is 6.18. The number of likely N-dealkylation sites (tertiary alicyclic amines) is 1. The summed E-state index contributed by atoms with van der Waals surface area (Å²) < 4.78 is 17.1. The van der Waals surface area contributed by atoms with E-state index in [4.69, 9.17) is 13.9 Å². The van der Waals surface area contributed by atoms with Crippen LogP contribution >= 0.6 is 0 Å². The Kier molecular flexibility index (Phi) is 3.60. The van der Waals surface area contributed by atoms with Crippen LogP contribution in [-0.2, 0) is 11.3 Å². The molecule has 0 N–H and O–H groups in total. The third-order valence-corrected chi connectivity index (χ3v) is 4.65. The van der Waals surface area contributed by atoms with Gasteiger partial charge in [0, 0.05) is 43.9 Å². The van der Waals surface area contributed by atoms with Gasteiger partial charge in [0.1, 0.15) is 5.75 Å². The minimum atomic E-state index is -0.0219. The molecule has 22 heavy (non-hydrogen) atoms. The predicted molar refractivity (Wildman–Crippen MR) is 80.5 cm³/mol. The van der Waals surface area contributed by atoms with Crippen LogP contribution in [0.25, 0.3) is 0 Å². The highest BCUT2D eigenvalue weighted by molar-refractivity contribution is 5.16. The molecule has 1 spiro atoms. The topological polar surface area (TPSA) is 47.7 Å². The number of pyridine rings is 1. The van der Waals surface area contributed by atoms with E-state index < -0.39 is 0 Å². The number of rotatable bonds is 5. The van der Waals surface area contributed by atoms with Crippen LogP contribution in [0.15, 0.2) is 47.5 Å². The van der Waals surface area contributed by atoms with Gasteiger partial charge in [0.25, 0.3) is 0 Å². The van der Waals surface area contributed by atoms with Gasteiger partial charge in [0.15, 0.2) is 0 Å². The second kappa shape index (κ2) is 5.74. The lowest BCUT2D eigenvalue weighted by Crippen LogP contribution is -2.64. The molecule has 0 unspecified atom stereocenters. The number of aromatic nitrogens is 1. The number of ether oxygens (including phenoxy) is 2. The average molecular weight is 300 g/mol. The molecule has 1 atom stereocenters. The van der Waals surface area contributed by atoms with E-state index in [-0.39, 0.29) is 5.60 Å². The van der Waals surface area contributed by atoms with Crippen LogP contribution in [0.1, 0.15) is 12.0 Å². The minimum Gasteiger partial charge on any atom is -0.492 e. The molecule has 2 aliphatic rings. The van der Waals surface area contributed by atoms with Gasteiger partial charge >= 0.3 is 0 Å². The Morgan fingerprint density at radius 3 is 3.09 bits per heavy atom. The van der Waals surface area contributed by atoms with Crippen molar-refractivity contribution in [2.75, 3.05) is 26.3 Å². The smallest absolute Gasteiger partial charge is 0.137 e. The molecule has 0 radical (unpaired) electrons. The van der Waals surface area contributed by atoms with E-state index in [1.165, 1.54) is 5.56 Å². The van der Waals surface area contributed by atoms with Crippen molar-refractivity contribution in [2.24, 2.45) is 5.92 Å². The summed E-state index contributed by atoms with van der Waals surface area (Å²) in [5.74, 6) is 1.28. The van der Waals surface area contributed by atoms with E-state index in [0.717, 1.165) is 38.4 Å². The van der Waals surface area contributed by atoms with Gasteiger partial charge in [-0.05, 0) is 24.6 Å². The molecular formula is C17H20N2O3. The summed E-state index contributed by atoms with van der Waals surface area (Å²) in [6.07, 6.45) is 8.12. The number of hydrogen-bond acceptors (Lipinski definition) is 5. The summed E-state index contributed by atoms with van der Waals surface area (Å²) in [5.41, 5.74) is 1.20. The normalized spacial score (nSPS) is 23.5. The average Bonchev–Trinajstić information content (AvgIpc) is 3.15. The number of furan rings is 1. The molecule has 0 saturated carbocycles. The van der Waals surface area contributed by atoms with Crippen LogP contribution in [0, 0.1) is 5.92 Å². The highest BCUT2D eigenvalue weighted by atomic mass is 16.5. The Bertz CT molecular complexity index is 594. The molecule has 0 bridgehead atoms. The maximum absolute atomic E-state index is 6.07. The van der Waals surface area contributed by atoms with E-state index in [1.807, 2.05) is 24.5 Å². The molecule has 116 valence electrons. The van der Waals surface area contributed by atoms with Crippen molar-refractivity contribution >= 4 is 0 Å². The lowest BCUT2D eigenvalue weighted by atomic mass is 9.81. The van der Waals surface area contributed by atoms with E-state index >= 15 is 0 Å². The van der Waals surface area contributed by atoms with Crippen molar-refractivity contribution in [3.63, 3.8) is 0 Å². The summed E-state index contributed by atoms with van der Waals surface area (Å²) >= 11 is 0. The molecule has 0 aliphatic carbocycles. The van der Waals surface area contributed by atoms with Gasteiger partial charge in [-0.3, -0.25) is 9.88 Å². The molecule has 4 heterocycles. The Balaban J connectivity index is 1.32. The molecule has 0 amide bonds. The molecule has 2 fully saturated rings. The van der Waals surface area contributed by atoms with Crippen molar-refractivity contribution in [1.29, 1.82) is 0 Å². The Morgan fingerprint density at radius 1 is 1.36 bits per heavy atom. The third kappa shape index (κ3) is 2.62. The maximum Gasteiger partial charge on any atom is 0.137 e. The fourth-order valence-electron chi connectivity index (χ4n) is 3.46. The van der Waals surface area contributed by atoms with Gasteiger partial charge in [0.05, 0.1) is 30.9 Å². The fourth-order valence-corrected chi connectivity index (χ4v) is 3.46. The molecule has 5 heteroatoms. The SMILES string of the molecule is c1cncc(OC[C@@H]2CCOC23CN(Cc2ccoc2)C3)c1. The largest absolute Gasteiger partial charge is 0.492 e. The highest BCUT2D eigenvalue weighted by Crippen LogP contribution is 2.40. The molecular weight excluding hydrogens is 280 g/mol. The fraction of sp³-hybridized carbons (Fsp3) is 0.471. The van der Waals surface area contributed by atoms with Crippen LogP contribution < -0.4 is 4.74 Å². The van der Waals surface area contributed by atoms with Crippen LogP contribution in [0.2, 0.25) is 0 Å². The van der Waals surface area contributed by atoms with Crippen LogP contribution in [0.3, 0.4) is 0 Å². The van der Waals surface area contributed by atoms with Gasteiger partial charge < -0.3 is 13.9 Å². The Morgan fingerprint density at radius 2 is 2.32 bits per heavy atom. The summed E-state index contributed by atoms with van der Waals surface area (Å²) in [4.78, 5) is 6.48. The molecule has 5 nitrogen and oxygen atoms in total. The molecule has 2 aliphatic heterocycles. The first-order chi connectivity index (χ1) is 10.8. The van der Waals surface area contributed by atoms with Crippen LogP contribution in [0.5, 0.6) is 5.75 Å². The molecule has 0 aromatic carbocycles. The third-order valence-electron chi connectivity index (χ3n) is 4.65. The monoisotopic (exact) mass is 300 g/mol. The van der Waals surface area contributed by atoms with E-state index in [1.54, 1.807) is 18.7 Å². The summed E-state index contributed by atoms with van der Waals surface area (Å²) in [7, 11) is 0. The van der Waals surface area contributed by atoms with Crippen molar-refractivity contribution in [1.82, 2.24) is 9.88 Å². The first kappa shape index (κ1) is 13.8. The standard InChI is InChI=1S/C17H20N2O3/c1-2-16(8-18-5-1)21-11-15-4-7-22-17(15)12-19(13-17)9-14-3-6-20-10-14/h1-3,5-6,8,10,15H,4,7,9,11-13H2/t15-/m0/s1. The summed E-state index contributed by atoms with van der Waals surface area (Å²) in [6.45, 7) is 4.40. The van der Waals surface area contributed by atoms with Gasteiger partial charge in [-0.25, -0.2) is 0 Å². The van der Waals surface area contributed by atoms with E-state index in [9.17, 15) is 0 Å². The van der Waals surface area contributed by atoms with Gasteiger partial charge in [-0.2, -0.15) is 0 Å². The first-order valence-corrected chi connectivity index (χ1v) is 7.74. The zero-order valence-electron chi connectivity index (χ0n) is 12.5. The molecule has 2 saturated heterocycles. The molecule has 2 aromatic rings.